The predicted octanol–water partition coefficient (Wildman–Crippen LogP) is 10.2. The predicted molar refractivity (Wildman–Crippen MR) is 178 cm³/mol. The van der Waals surface area contributed by atoms with Crippen LogP contribution in [0.4, 0.5) is 0 Å². The van der Waals surface area contributed by atoms with Crippen LogP contribution in [0, 0.1) is 0 Å². The lowest BCUT2D eigenvalue weighted by atomic mass is 9.94. The SMILES string of the molecule is C=C/C=C(\C=C)c1cc(-c2ccccc2)c2ccc3c(-c4cccc5ccccc45)nc(C4=CCCC=C4)nc3c2n1. The zero-order valence-electron chi connectivity index (χ0n) is 23.3. The van der Waals surface area contributed by atoms with Crippen molar-refractivity contribution in [2.45, 2.75) is 12.8 Å². The topological polar surface area (TPSA) is 38.7 Å². The summed E-state index contributed by atoms with van der Waals surface area (Å²) in [7, 11) is 0. The first kappa shape index (κ1) is 25.6. The first-order valence-electron chi connectivity index (χ1n) is 14.3. The van der Waals surface area contributed by atoms with Crippen LogP contribution in [0.3, 0.4) is 0 Å². The van der Waals surface area contributed by atoms with Gasteiger partial charge < -0.3 is 0 Å². The van der Waals surface area contributed by atoms with E-state index in [-0.39, 0.29) is 0 Å². The summed E-state index contributed by atoms with van der Waals surface area (Å²) >= 11 is 0. The Labute approximate surface area is 245 Å². The molecule has 0 aliphatic heterocycles. The average Bonchev–Trinajstić information content (AvgIpc) is 3.06. The van der Waals surface area contributed by atoms with Gasteiger partial charge in [0, 0.05) is 21.9 Å². The number of aromatic nitrogens is 3. The quantitative estimate of drug-likeness (QED) is 0.156. The molecule has 0 radical (unpaired) electrons. The number of benzene rings is 4. The van der Waals surface area contributed by atoms with Crippen LogP contribution in [0.25, 0.3) is 66.1 Å². The molecule has 0 unspecified atom stereocenters. The molecule has 0 N–H and O–H groups in total. The van der Waals surface area contributed by atoms with Gasteiger partial charge in [-0.15, -0.1) is 0 Å². The normalized spacial score (nSPS) is 13.4. The van der Waals surface area contributed by atoms with E-state index in [0.29, 0.717) is 5.82 Å². The Morgan fingerprint density at radius 2 is 1.48 bits per heavy atom. The van der Waals surface area contributed by atoms with Gasteiger partial charge in [0.05, 0.1) is 16.9 Å². The Kier molecular flexibility index (Phi) is 6.61. The maximum atomic E-state index is 5.25. The van der Waals surface area contributed by atoms with Crippen molar-refractivity contribution in [2.24, 2.45) is 0 Å². The lowest BCUT2D eigenvalue weighted by Gasteiger charge is -2.16. The zero-order chi connectivity index (χ0) is 28.5. The molecule has 4 aromatic carbocycles. The third-order valence-electron chi connectivity index (χ3n) is 7.84. The molecule has 0 saturated heterocycles. The van der Waals surface area contributed by atoms with Crippen LogP contribution in [0.15, 0.2) is 141 Å². The second-order valence-electron chi connectivity index (χ2n) is 10.4. The Morgan fingerprint density at radius 1 is 0.690 bits per heavy atom. The van der Waals surface area contributed by atoms with E-state index >= 15 is 0 Å². The van der Waals surface area contributed by atoms with Crippen molar-refractivity contribution in [1.29, 1.82) is 0 Å². The second kappa shape index (κ2) is 10.9. The Morgan fingerprint density at radius 3 is 2.29 bits per heavy atom. The Hall–Kier alpha value is -5.41. The van der Waals surface area contributed by atoms with Crippen molar-refractivity contribution in [3.63, 3.8) is 0 Å². The van der Waals surface area contributed by atoms with Gasteiger partial charge in [0.2, 0.25) is 0 Å². The van der Waals surface area contributed by atoms with Crippen LogP contribution in [-0.2, 0) is 0 Å². The van der Waals surface area contributed by atoms with Crippen LogP contribution in [0.2, 0.25) is 0 Å². The molecular formula is C39H29N3. The Balaban J connectivity index is 1.63. The molecular weight excluding hydrogens is 510 g/mol. The molecule has 0 atom stereocenters. The summed E-state index contributed by atoms with van der Waals surface area (Å²) in [4.78, 5) is 15.7. The van der Waals surface area contributed by atoms with E-state index in [4.69, 9.17) is 15.0 Å². The standard InChI is InChI=1S/C39H29N3/c1-3-14-26(4-2)35-25-34(28-15-7-5-8-16-28)32-23-24-33-36(31-22-13-20-27-17-11-12-21-30(27)31)41-39(29-18-9-6-10-19-29)42-38(33)37(32)40-35/h3-5,7-9,11-25H,1-2,6,10H2/b26-14+. The number of allylic oxidation sites excluding steroid dienone is 8. The molecule has 0 bridgehead atoms. The lowest BCUT2D eigenvalue weighted by Crippen LogP contribution is -2.01. The van der Waals surface area contributed by atoms with Gasteiger partial charge >= 0.3 is 0 Å². The fourth-order valence-corrected chi connectivity index (χ4v) is 5.81. The van der Waals surface area contributed by atoms with Crippen molar-refractivity contribution in [2.75, 3.05) is 0 Å². The first-order valence-corrected chi connectivity index (χ1v) is 14.3. The molecule has 2 heterocycles. The van der Waals surface area contributed by atoms with Gasteiger partial charge in [0.15, 0.2) is 5.82 Å². The van der Waals surface area contributed by atoms with Crippen LogP contribution in [-0.4, -0.2) is 15.0 Å². The highest BCUT2D eigenvalue weighted by molar-refractivity contribution is 6.14. The van der Waals surface area contributed by atoms with E-state index in [9.17, 15) is 0 Å². The highest BCUT2D eigenvalue weighted by Crippen LogP contribution is 2.39. The average molecular weight is 540 g/mol. The number of nitrogens with zero attached hydrogens (tertiary/aromatic N) is 3. The molecule has 2 aromatic heterocycles. The summed E-state index contributed by atoms with van der Waals surface area (Å²) in [5.74, 6) is 0.716. The molecule has 0 saturated carbocycles. The molecule has 0 spiro atoms. The van der Waals surface area contributed by atoms with Crippen LogP contribution < -0.4 is 0 Å². The summed E-state index contributed by atoms with van der Waals surface area (Å²) in [6.07, 6.45) is 14.1. The molecule has 42 heavy (non-hydrogen) atoms. The summed E-state index contributed by atoms with van der Waals surface area (Å²) in [6, 6.07) is 31.8. The van der Waals surface area contributed by atoms with E-state index in [2.05, 4.69) is 116 Å². The number of fused-ring (bicyclic) bond motifs is 4. The van der Waals surface area contributed by atoms with Gasteiger partial charge in [-0.25, -0.2) is 15.0 Å². The smallest absolute Gasteiger partial charge is 0.160 e. The van der Waals surface area contributed by atoms with Crippen LogP contribution in [0.1, 0.15) is 24.4 Å². The maximum Gasteiger partial charge on any atom is 0.160 e. The maximum absolute atomic E-state index is 5.25. The fourth-order valence-electron chi connectivity index (χ4n) is 5.81. The van der Waals surface area contributed by atoms with Gasteiger partial charge in [-0.3, -0.25) is 0 Å². The van der Waals surface area contributed by atoms with Gasteiger partial charge in [0.1, 0.15) is 5.52 Å². The molecule has 7 rings (SSSR count). The summed E-state index contributed by atoms with van der Waals surface area (Å²) in [6.45, 7) is 7.98. The summed E-state index contributed by atoms with van der Waals surface area (Å²) in [5, 5.41) is 4.35. The van der Waals surface area contributed by atoms with Crippen LogP contribution >= 0.6 is 0 Å². The zero-order valence-corrected chi connectivity index (χ0v) is 23.3. The summed E-state index contributed by atoms with van der Waals surface area (Å²) in [5.41, 5.74) is 8.65. The van der Waals surface area contributed by atoms with Crippen molar-refractivity contribution >= 4 is 43.7 Å². The third-order valence-corrected chi connectivity index (χ3v) is 7.84. The minimum absolute atomic E-state index is 0.716. The van der Waals surface area contributed by atoms with E-state index in [0.717, 1.165) is 79.3 Å². The summed E-state index contributed by atoms with van der Waals surface area (Å²) < 4.78 is 0. The molecule has 0 fully saturated rings. The van der Waals surface area contributed by atoms with Crippen molar-refractivity contribution in [3.05, 3.63) is 152 Å². The van der Waals surface area contributed by atoms with Crippen molar-refractivity contribution in [3.8, 4) is 22.4 Å². The van der Waals surface area contributed by atoms with E-state index in [1.54, 1.807) is 6.08 Å². The van der Waals surface area contributed by atoms with Crippen molar-refractivity contribution < 1.29 is 0 Å². The molecule has 1 aliphatic rings. The minimum Gasteiger partial charge on any atom is -0.245 e. The van der Waals surface area contributed by atoms with E-state index in [1.807, 2.05) is 18.2 Å². The van der Waals surface area contributed by atoms with Crippen LogP contribution in [0.5, 0.6) is 0 Å². The number of rotatable bonds is 6. The molecule has 6 aromatic rings. The molecule has 3 heteroatoms. The highest BCUT2D eigenvalue weighted by atomic mass is 14.9. The highest BCUT2D eigenvalue weighted by Gasteiger charge is 2.19. The third kappa shape index (κ3) is 4.46. The molecule has 3 nitrogen and oxygen atoms in total. The second-order valence-corrected chi connectivity index (χ2v) is 10.4. The van der Waals surface area contributed by atoms with Gasteiger partial charge in [-0.2, -0.15) is 0 Å². The first-order chi connectivity index (χ1) is 20.7. The van der Waals surface area contributed by atoms with E-state index < -0.39 is 0 Å². The van der Waals surface area contributed by atoms with E-state index in [1.165, 1.54) is 5.39 Å². The number of pyridine rings is 1. The number of hydrogen-bond acceptors (Lipinski definition) is 3. The van der Waals surface area contributed by atoms with Gasteiger partial charge in [-0.05, 0) is 52.4 Å². The van der Waals surface area contributed by atoms with Gasteiger partial charge in [-0.1, -0.05) is 128 Å². The molecule has 1 aliphatic carbocycles. The monoisotopic (exact) mass is 539 g/mol. The molecule has 0 amide bonds. The number of hydrogen-bond donors (Lipinski definition) is 0. The minimum atomic E-state index is 0.716. The largest absolute Gasteiger partial charge is 0.245 e. The lowest BCUT2D eigenvalue weighted by molar-refractivity contribution is 1.03. The molecule has 200 valence electrons. The Bertz CT molecular complexity index is 2110. The fraction of sp³-hybridized carbons (Fsp3) is 0.0513. The van der Waals surface area contributed by atoms with Crippen molar-refractivity contribution in [1.82, 2.24) is 15.0 Å². The van der Waals surface area contributed by atoms with Gasteiger partial charge in [0.25, 0.3) is 0 Å².